The van der Waals surface area contributed by atoms with Gasteiger partial charge in [0.05, 0.1) is 6.10 Å². The highest BCUT2D eigenvalue weighted by atomic mass is 79.9. The van der Waals surface area contributed by atoms with E-state index in [1.54, 1.807) is 0 Å². The maximum atomic E-state index is 5.60. The van der Waals surface area contributed by atoms with Gasteiger partial charge in [-0.25, -0.2) is 0 Å². The highest BCUT2D eigenvalue weighted by molar-refractivity contribution is 9.10. The smallest absolute Gasteiger partial charge is 0.0724 e. The third-order valence-electron chi connectivity index (χ3n) is 4.37. The Morgan fingerprint density at radius 2 is 2.24 bits per heavy atom. The monoisotopic (exact) mass is 354 g/mol. The first kappa shape index (κ1) is 16.9. The molecule has 0 spiro atoms. The van der Waals surface area contributed by atoms with Gasteiger partial charge in [-0.2, -0.15) is 0 Å². The lowest BCUT2D eigenvalue weighted by atomic mass is 9.95. The number of nitrogens with one attached hydrogen (secondary N) is 1. The summed E-state index contributed by atoms with van der Waals surface area (Å²) in [7, 11) is 1.83. The summed E-state index contributed by atoms with van der Waals surface area (Å²) >= 11 is 3.72. The van der Waals surface area contributed by atoms with Crippen LogP contribution >= 0.6 is 15.9 Å². The number of likely N-dealkylation sites (tertiary alicyclic amines) is 1. The number of piperidine rings is 1. The predicted molar refractivity (Wildman–Crippen MR) is 91.4 cm³/mol. The van der Waals surface area contributed by atoms with E-state index in [0.717, 1.165) is 32.7 Å². The minimum Gasteiger partial charge on any atom is -0.380 e. The molecule has 2 rings (SSSR count). The maximum absolute atomic E-state index is 5.60. The molecule has 1 aliphatic rings. The summed E-state index contributed by atoms with van der Waals surface area (Å²) in [4.78, 5) is 2.50. The Balaban J connectivity index is 1.96. The first-order chi connectivity index (χ1) is 10.1. The molecule has 1 aliphatic heterocycles. The Kier molecular flexibility index (Phi) is 6.68. The molecule has 0 bridgehead atoms. The van der Waals surface area contributed by atoms with Gasteiger partial charge in [-0.15, -0.1) is 0 Å². The highest BCUT2D eigenvalue weighted by Crippen LogP contribution is 2.24. The van der Waals surface area contributed by atoms with Crippen molar-refractivity contribution >= 4 is 15.9 Å². The average molecular weight is 355 g/mol. The van der Waals surface area contributed by atoms with Crippen LogP contribution in [0.1, 0.15) is 31.4 Å². The Morgan fingerprint density at radius 1 is 1.43 bits per heavy atom. The van der Waals surface area contributed by atoms with Gasteiger partial charge in [0.15, 0.2) is 0 Å². The quantitative estimate of drug-likeness (QED) is 0.846. The number of hydrogen-bond acceptors (Lipinski definition) is 3. The molecule has 1 fully saturated rings. The van der Waals surface area contributed by atoms with Crippen molar-refractivity contribution in [1.82, 2.24) is 10.2 Å². The first-order valence-corrected chi connectivity index (χ1v) is 8.66. The van der Waals surface area contributed by atoms with Gasteiger partial charge in [-0.05, 0) is 42.6 Å². The zero-order valence-corrected chi connectivity index (χ0v) is 14.9. The summed E-state index contributed by atoms with van der Waals surface area (Å²) < 4.78 is 6.82. The van der Waals surface area contributed by atoms with Gasteiger partial charge in [0.2, 0.25) is 0 Å². The maximum Gasteiger partial charge on any atom is 0.0724 e. The van der Waals surface area contributed by atoms with Gasteiger partial charge < -0.3 is 10.1 Å². The van der Waals surface area contributed by atoms with E-state index in [9.17, 15) is 0 Å². The molecule has 0 aliphatic carbocycles. The zero-order chi connectivity index (χ0) is 15.2. The number of hydrogen-bond donors (Lipinski definition) is 1. The molecule has 1 N–H and O–H groups in total. The molecule has 118 valence electrons. The standard InChI is InChI=1S/C17H27BrN2O/c1-4-19-10-14-5-6-15(16(18)9-14)11-20-8-7-13(2)17(12-20)21-3/h5-6,9,13,17,19H,4,7-8,10-12H2,1-3H3. The van der Waals surface area contributed by atoms with Gasteiger partial charge in [0.25, 0.3) is 0 Å². The molecule has 0 amide bonds. The van der Waals surface area contributed by atoms with E-state index in [4.69, 9.17) is 4.74 Å². The minimum absolute atomic E-state index is 0.366. The summed E-state index contributed by atoms with van der Waals surface area (Å²) in [6.07, 6.45) is 1.58. The van der Waals surface area contributed by atoms with Crippen molar-refractivity contribution in [1.29, 1.82) is 0 Å². The summed E-state index contributed by atoms with van der Waals surface area (Å²) in [6.45, 7) is 9.54. The Hall–Kier alpha value is -0.420. The number of halogens is 1. The van der Waals surface area contributed by atoms with Crippen LogP contribution in [0, 0.1) is 5.92 Å². The molecule has 0 saturated carbocycles. The summed E-state index contributed by atoms with van der Waals surface area (Å²) in [6, 6.07) is 6.71. The topological polar surface area (TPSA) is 24.5 Å². The van der Waals surface area contributed by atoms with Crippen LogP contribution in [0.3, 0.4) is 0 Å². The fourth-order valence-corrected chi connectivity index (χ4v) is 3.44. The van der Waals surface area contributed by atoms with E-state index in [0.29, 0.717) is 12.0 Å². The van der Waals surface area contributed by atoms with E-state index < -0.39 is 0 Å². The number of nitrogens with zero attached hydrogens (tertiary/aromatic N) is 1. The predicted octanol–water partition coefficient (Wildman–Crippen LogP) is 3.42. The third kappa shape index (κ3) is 4.78. The SMILES string of the molecule is CCNCc1ccc(CN2CCC(C)C(OC)C2)c(Br)c1. The number of ether oxygens (including phenoxy) is 1. The second-order valence-corrected chi connectivity index (χ2v) is 6.84. The second-order valence-electron chi connectivity index (χ2n) is 5.98. The van der Waals surface area contributed by atoms with Crippen LogP contribution in [0.2, 0.25) is 0 Å². The molecule has 0 aromatic heterocycles. The molecular formula is C17H27BrN2O. The van der Waals surface area contributed by atoms with Gasteiger partial charge >= 0.3 is 0 Å². The molecule has 4 heteroatoms. The van der Waals surface area contributed by atoms with E-state index in [-0.39, 0.29) is 0 Å². The number of rotatable bonds is 6. The lowest BCUT2D eigenvalue weighted by Gasteiger charge is -2.36. The second kappa shape index (κ2) is 8.28. The van der Waals surface area contributed by atoms with Crippen molar-refractivity contribution in [2.75, 3.05) is 26.7 Å². The fraction of sp³-hybridized carbons (Fsp3) is 0.647. The minimum atomic E-state index is 0.366. The molecule has 2 unspecified atom stereocenters. The van der Waals surface area contributed by atoms with E-state index in [2.05, 4.69) is 58.2 Å². The summed E-state index contributed by atoms with van der Waals surface area (Å²) in [5.74, 6) is 0.664. The van der Waals surface area contributed by atoms with Crippen LogP contribution in [-0.2, 0) is 17.8 Å². The molecule has 1 aromatic carbocycles. The molecule has 0 radical (unpaired) electrons. The van der Waals surface area contributed by atoms with Crippen molar-refractivity contribution < 1.29 is 4.74 Å². The van der Waals surface area contributed by atoms with Crippen molar-refractivity contribution in [2.45, 2.75) is 39.5 Å². The average Bonchev–Trinajstić information content (AvgIpc) is 2.49. The lowest BCUT2D eigenvalue weighted by molar-refractivity contribution is -0.00750. The van der Waals surface area contributed by atoms with Crippen LogP contribution in [-0.4, -0.2) is 37.7 Å². The van der Waals surface area contributed by atoms with Crippen LogP contribution in [0.4, 0.5) is 0 Å². The van der Waals surface area contributed by atoms with Crippen LogP contribution in [0.15, 0.2) is 22.7 Å². The molecule has 1 aromatic rings. The van der Waals surface area contributed by atoms with Crippen LogP contribution in [0.5, 0.6) is 0 Å². The molecule has 1 saturated heterocycles. The van der Waals surface area contributed by atoms with E-state index in [1.807, 2.05) is 7.11 Å². The zero-order valence-electron chi connectivity index (χ0n) is 13.4. The number of methoxy groups -OCH3 is 1. The largest absolute Gasteiger partial charge is 0.380 e. The molecule has 1 heterocycles. The van der Waals surface area contributed by atoms with Gasteiger partial charge in [-0.3, -0.25) is 4.90 Å². The number of benzene rings is 1. The normalized spacial score (nSPS) is 23.4. The molecular weight excluding hydrogens is 328 g/mol. The van der Waals surface area contributed by atoms with E-state index in [1.165, 1.54) is 22.0 Å². The summed E-state index contributed by atoms with van der Waals surface area (Å²) in [5.41, 5.74) is 2.69. The highest BCUT2D eigenvalue weighted by Gasteiger charge is 2.26. The Bertz CT molecular complexity index is 452. The molecule has 21 heavy (non-hydrogen) atoms. The first-order valence-electron chi connectivity index (χ1n) is 7.87. The van der Waals surface area contributed by atoms with Crippen LogP contribution < -0.4 is 5.32 Å². The molecule has 3 nitrogen and oxygen atoms in total. The van der Waals surface area contributed by atoms with Gasteiger partial charge in [0, 0.05) is 31.2 Å². The van der Waals surface area contributed by atoms with Crippen molar-refractivity contribution in [3.8, 4) is 0 Å². The summed E-state index contributed by atoms with van der Waals surface area (Å²) in [5, 5.41) is 3.36. The van der Waals surface area contributed by atoms with Gasteiger partial charge in [0.1, 0.15) is 0 Å². The Labute approximate surface area is 137 Å². The van der Waals surface area contributed by atoms with Crippen LogP contribution in [0.25, 0.3) is 0 Å². The third-order valence-corrected chi connectivity index (χ3v) is 5.10. The fourth-order valence-electron chi connectivity index (χ4n) is 2.89. The molecule has 2 atom stereocenters. The van der Waals surface area contributed by atoms with E-state index >= 15 is 0 Å². The van der Waals surface area contributed by atoms with Crippen molar-refractivity contribution in [3.05, 3.63) is 33.8 Å². The van der Waals surface area contributed by atoms with Crippen molar-refractivity contribution in [3.63, 3.8) is 0 Å². The lowest BCUT2D eigenvalue weighted by Crippen LogP contribution is -2.43. The van der Waals surface area contributed by atoms with Gasteiger partial charge in [-0.1, -0.05) is 41.9 Å². The Morgan fingerprint density at radius 3 is 2.90 bits per heavy atom. The van der Waals surface area contributed by atoms with Crippen molar-refractivity contribution in [2.24, 2.45) is 5.92 Å².